The molecule has 0 saturated heterocycles. The number of nitrogens with zero attached hydrogens (tertiary/aromatic N) is 2. The number of hydrogen-bond acceptors (Lipinski definition) is 3. The Morgan fingerprint density at radius 3 is 2.88 bits per heavy atom. The maximum absolute atomic E-state index is 8.97. The highest BCUT2D eigenvalue weighted by atomic mass is 16.3. The van der Waals surface area contributed by atoms with Crippen molar-refractivity contribution in [3.05, 3.63) is 12.4 Å². The highest BCUT2D eigenvalue weighted by molar-refractivity contribution is 5.25. The first-order chi connectivity index (χ1) is 7.81. The van der Waals surface area contributed by atoms with Crippen LogP contribution in [0.2, 0.25) is 0 Å². The minimum Gasteiger partial charge on any atom is -0.396 e. The van der Waals surface area contributed by atoms with Gasteiger partial charge in [-0.05, 0) is 25.7 Å². The number of aryl methyl sites for hydroxylation is 1. The number of nitrogens with one attached hydrogen (secondary N) is 1. The zero-order chi connectivity index (χ0) is 11.8. The van der Waals surface area contributed by atoms with Crippen LogP contribution in [-0.2, 0) is 6.54 Å². The number of anilines is 1. The van der Waals surface area contributed by atoms with Gasteiger partial charge in [-0.1, -0.05) is 13.3 Å². The number of hydrogen-bond donors (Lipinski definition) is 2. The highest BCUT2D eigenvalue weighted by Gasteiger charge is 2.08. The van der Waals surface area contributed by atoms with E-state index in [1.165, 1.54) is 0 Å². The molecule has 1 unspecified atom stereocenters. The zero-order valence-electron chi connectivity index (χ0n) is 10.3. The lowest BCUT2D eigenvalue weighted by atomic mass is 10.0. The van der Waals surface area contributed by atoms with Crippen LogP contribution in [0.15, 0.2) is 12.4 Å². The maximum atomic E-state index is 8.97. The fourth-order valence-corrected chi connectivity index (χ4v) is 1.91. The highest BCUT2D eigenvalue weighted by Crippen LogP contribution is 2.12. The van der Waals surface area contributed by atoms with Gasteiger partial charge in [0.05, 0.1) is 0 Å². The lowest BCUT2D eigenvalue weighted by molar-refractivity contribution is 0.255. The summed E-state index contributed by atoms with van der Waals surface area (Å²) in [5.41, 5.74) is 0. The van der Waals surface area contributed by atoms with Crippen molar-refractivity contribution in [3.8, 4) is 0 Å². The third-order valence-electron chi connectivity index (χ3n) is 2.84. The minimum atomic E-state index is 0.272. The van der Waals surface area contributed by atoms with Crippen molar-refractivity contribution in [2.75, 3.05) is 18.5 Å². The van der Waals surface area contributed by atoms with E-state index in [0.717, 1.165) is 38.3 Å². The quantitative estimate of drug-likeness (QED) is 0.712. The van der Waals surface area contributed by atoms with E-state index >= 15 is 0 Å². The maximum Gasteiger partial charge on any atom is 0.202 e. The molecule has 0 aromatic carbocycles. The molecule has 1 atom stereocenters. The SMILES string of the molecule is CCCC(CCO)CNc1nccn1CC. The van der Waals surface area contributed by atoms with Gasteiger partial charge in [-0.15, -0.1) is 0 Å². The molecule has 0 aliphatic heterocycles. The lowest BCUT2D eigenvalue weighted by Gasteiger charge is -2.16. The molecule has 4 nitrogen and oxygen atoms in total. The van der Waals surface area contributed by atoms with Gasteiger partial charge in [0, 0.05) is 32.1 Å². The van der Waals surface area contributed by atoms with E-state index in [1.54, 1.807) is 0 Å². The Hall–Kier alpha value is -1.03. The van der Waals surface area contributed by atoms with Crippen LogP contribution in [0.1, 0.15) is 33.1 Å². The molecule has 0 amide bonds. The standard InChI is InChI=1S/C12H23N3O/c1-3-5-11(6-9-16)10-14-12-13-7-8-15(12)4-2/h7-8,11,16H,3-6,9-10H2,1-2H3,(H,13,14). The zero-order valence-corrected chi connectivity index (χ0v) is 10.3. The first-order valence-electron chi connectivity index (χ1n) is 6.17. The topological polar surface area (TPSA) is 50.1 Å². The van der Waals surface area contributed by atoms with Crippen LogP contribution in [0.25, 0.3) is 0 Å². The van der Waals surface area contributed by atoms with Crippen LogP contribution in [0.3, 0.4) is 0 Å². The van der Waals surface area contributed by atoms with E-state index in [0.29, 0.717) is 5.92 Å². The fourth-order valence-electron chi connectivity index (χ4n) is 1.91. The molecule has 0 bridgehead atoms. The van der Waals surface area contributed by atoms with Crippen molar-refractivity contribution < 1.29 is 5.11 Å². The second kappa shape index (κ2) is 7.28. The summed E-state index contributed by atoms with van der Waals surface area (Å²) in [6, 6.07) is 0. The third kappa shape index (κ3) is 3.85. The molecule has 1 aromatic rings. The Bertz CT molecular complexity index is 280. The van der Waals surface area contributed by atoms with E-state index in [-0.39, 0.29) is 6.61 Å². The summed E-state index contributed by atoms with van der Waals surface area (Å²) in [6.45, 7) is 6.38. The van der Waals surface area contributed by atoms with Crippen molar-refractivity contribution >= 4 is 5.95 Å². The Balaban J connectivity index is 2.41. The first-order valence-corrected chi connectivity index (χ1v) is 6.17. The van der Waals surface area contributed by atoms with E-state index in [9.17, 15) is 0 Å². The molecule has 0 aliphatic rings. The normalized spacial score (nSPS) is 12.7. The summed E-state index contributed by atoms with van der Waals surface area (Å²) in [7, 11) is 0. The van der Waals surface area contributed by atoms with Crippen molar-refractivity contribution in [2.24, 2.45) is 5.92 Å². The van der Waals surface area contributed by atoms with Crippen molar-refractivity contribution in [2.45, 2.75) is 39.7 Å². The molecule has 0 fully saturated rings. The van der Waals surface area contributed by atoms with Gasteiger partial charge in [-0.3, -0.25) is 0 Å². The van der Waals surface area contributed by atoms with Gasteiger partial charge in [0.1, 0.15) is 0 Å². The number of aliphatic hydroxyl groups excluding tert-OH is 1. The molecule has 0 radical (unpaired) electrons. The molecule has 1 rings (SSSR count). The summed E-state index contributed by atoms with van der Waals surface area (Å²) in [4.78, 5) is 4.27. The second-order valence-corrected chi connectivity index (χ2v) is 4.08. The molecule has 1 aromatic heterocycles. The first kappa shape index (κ1) is 13.0. The predicted molar refractivity (Wildman–Crippen MR) is 66.5 cm³/mol. The summed E-state index contributed by atoms with van der Waals surface area (Å²) in [6.07, 6.45) is 6.97. The van der Waals surface area contributed by atoms with E-state index in [4.69, 9.17) is 5.11 Å². The average molecular weight is 225 g/mol. The molecule has 92 valence electrons. The molecule has 2 N–H and O–H groups in total. The lowest BCUT2D eigenvalue weighted by Crippen LogP contribution is -2.17. The Kier molecular flexibility index (Phi) is 5.93. The molecule has 0 aliphatic carbocycles. The number of rotatable bonds is 8. The predicted octanol–water partition coefficient (Wildman–Crippen LogP) is 2.11. The van der Waals surface area contributed by atoms with Gasteiger partial charge in [0.15, 0.2) is 0 Å². The van der Waals surface area contributed by atoms with Gasteiger partial charge < -0.3 is 15.0 Å². The second-order valence-electron chi connectivity index (χ2n) is 4.08. The van der Waals surface area contributed by atoms with Gasteiger partial charge >= 0.3 is 0 Å². The number of aromatic nitrogens is 2. The van der Waals surface area contributed by atoms with Crippen LogP contribution in [0.4, 0.5) is 5.95 Å². The Morgan fingerprint density at radius 2 is 2.25 bits per heavy atom. The summed E-state index contributed by atoms with van der Waals surface area (Å²) in [5, 5.41) is 12.3. The largest absolute Gasteiger partial charge is 0.396 e. The third-order valence-corrected chi connectivity index (χ3v) is 2.84. The average Bonchev–Trinajstić information content (AvgIpc) is 2.74. The van der Waals surface area contributed by atoms with Gasteiger partial charge in [-0.2, -0.15) is 0 Å². The van der Waals surface area contributed by atoms with Crippen molar-refractivity contribution in [1.82, 2.24) is 9.55 Å². The fraction of sp³-hybridized carbons (Fsp3) is 0.750. The Morgan fingerprint density at radius 1 is 1.44 bits per heavy atom. The summed E-state index contributed by atoms with van der Waals surface area (Å²) < 4.78 is 2.09. The van der Waals surface area contributed by atoms with Gasteiger partial charge in [-0.25, -0.2) is 4.98 Å². The minimum absolute atomic E-state index is 0.272. The molecular weight excluding hydrogens is 202 g/mol. The molecule has 16 heavy (non-hydrogen) atoms. The molecule has 4 heteroatoms. The van der Waals surface area contributed by atoms with Crippen LogP contribution < -0.4 is 5.32 Å². The van der Waals surface area contributed by atoms with Crippen LogP contribution in [0.5, 0.6) is 0 Å². The van der Waals surface area contributed by atoms with Crippen LogP contribution in [0, 0.1) is 5.92 Å². The monoisotopic (exact) mass is 225 g/mol. The molecule has 0 saturated carbocycles. The van der Waals surface area contributed by atoms with Crippen molar-refractivity contribution in [1.29, 1.82) is 0 Å². The number of aliphatic hydroxyl groups is 1. The molecule has 1 heterocycles. The summed E-state index contributed by atoms with van der Waals surface area (Å²) >= 11 is 0. The van der Waals surface area contributed by atoms with E-state index in [2.05, 4.69) is 28.7 Å². The van der Waals surface area contributed by atoms with Gasteiger partial charge in [0.25, 0.3) is 0 Å². The molecule has 0 spiro atoms. The van der Waals surface area contributed by atoms with E-state index in [1.807, 2.05) is 12.4 Å². The van der Waals surface area contributed by atoms with Crippen LogP contribution in [-0.4, -0.2) is 27.8 Å². The van der Waals surface area contributed by atoms with E-state index < -0.39 is 0 Å². The van der Waals surface area contributed by atoms with Crippen molar-refractivity contribution in [3.63, 3.8) is 0 Å². The molecular formula is C12H23N3O. The van der Waals surface area contributed by atoms with Gasteiger partial charge in [0.2, 0.25) is 5.95 Å². The number of imidazole rings is 1. The Labute approximate surface area is 97.7 Å². The van der Waals surface area contributed by atoms with Crippen LogP contribution >= 0.6 is 0 Å². The smallest absolute Gasteiger partial charge is 0.202 e. The summed E-state index contributed by atoms with van der Waals surface area (Å²) in [5.74, 6) is 1.47.